The highest BCUT2D eigenvalue weighted by molar-refractivity contribution is 5.92. The van der Waals surface area contributed by atoms with Crippen molar-refractivity contribution in [2.24, 2.45) is 7.05 Å². The molecule has 0 unspecified atom stereocenters. The van der Waals surface area contributed by atoms with Gasteiger partial charge in [0.15, 0.2) is 0 Å². The Morgan fingerprint density at radius 2 is 2.43 bits per heavy atom. The van der Waals surface area contributed by atoms with Gasteiger partial charge < -0.3 is 9.88 Å². The second-order valence-electron chi connectivity index (χ2n) is 3.12. The van der Waals surface area contributed by atoms with Crippen LogP contribution < -0.4 is 5.32 Å². The van der Waals surface area contributed by atoms with E-state index in [0.29, 0.717) is 12.2 Å². The van der Waals surface area contributed by atoms with Crippen molar-refractivity contribution in [2.75, 3.05) is 6.54 Å². The van der Waals surface area contributed by atoms with Gasteiger partial charge in [-0.2, -0.15) is 0 Å². The minimum Gasteiger partial charge on any atom is -0.350 e. The van der Waals surface area contributed by atoms with Gasteiger partial charge in [-0.15, -0.1) is 0 Å². The average molecular weight is 192 g/mol. The number of rotatable bonds is 4. The van der Waals surface area contributed by atoms with Crippen molar-refractivity contribution in [2.45, 2.75) is 13.3 Å². The molecule has 0 atom stereocenters. The predicted octanol–water partition coefficient (Wildman–Crippen LogP) is 1.72. The van der Waals surface area contributed by atoms with Gasteiger partial charge in [0.25, 0.3) is 5.91 Å². The van der Waals surface area contributed by atoms with E-state index in [0.717, 1.165) is 6.42 Å². The summed E-state index contributed by atoms with van der Waals surface area (Å²) in [5, 5.41) is 2.85. The van der Waals surface area contributed by atoms with Crippen LogP contribution in [0.25, 0.3) is 0 Å². The smallest absolute Gasteiger partial charge is 0.267 e. The maximum absolute atomic E-state index is 11.5. The normalized spacial score (nSPS) is 10.7. The highest BCUT2D eigenvalue weighted by Crippen LogP contribution is 1.98. The monoisotopic (exact) mass is 192 g/mol. The number of nitrogens with one attached hydrogen (secondary N) is 1. The van der Waals surface area contributed by atoms with Crippen LogP contribution in [0.4, 0.5) is 0 Å². The molecule has 1 aromatic heterocycles. The summed E-state index contributed by atoms with van der Waals surface area (Å²) in [6.07, 6.45) is 6.76. The third kappa shape index (κ3) is 2.76. The molecule has 1 amide bonds. The van der Waals surface area contributed by atoms with Crippen LogP contribution in [0.1, 0.15) is 23.8 Å². The number of amides is 1. The van der Waals surface area contributed by atoms with Crippen molar-refractivity contribution in [1.29, 1.82) is 0 Å². The van der Waals surface area contributed by atoms with Gasteiger partial charge in [-0.05, 0) is 25.5 Å². The minimum atomic E-state index is -0.0120. The van der Waals surface area contributed by atoms with Crippen molar-refractivity contribution >= 4 is 5.91 Å². The molecule has 76 valence electrons. The Morgan fingerprint density at radius 1 is 1.64 bits per heavy atom. The van der Waals surface area contributed by atoms with E-state index >= 15 is 0 Å². The van der Waals surface area contributed by atoms with E-state index in [2.05, 4.69) is 5.32 Å². The summed E-state index contributed by atoms with van der Waals surface area (Å²) in [7, 11) is 1.86. The maximum Gasteiger partial charge on any atom is 0.267 e. The lowest BCUT2D eigenvalue weighted by molar-refractivity contribution is 0.0946. The molecule has 14 heavy (non-hydrogen) atoms. The number of aromatic nitrogens is 1. The lowest BCUT2D eigenvalue weighted by atomic mass is 10.3. The first-order valence-electron chi connectivity index (χ1n) is 4.76. The molecule has 0 aromatic carbocycles. The quantitative estimate of drug-likeness (QED) is 0.572. The van der Waals surface area contributed by atoms with Gasteiger partial charge >= 0.3 is 0 Å². The molecule has 0 aliphatic carbocycles. The van der Waals surface area contributed by atoms with Gasteiger partial charge in [-0.25, -0.2) is 0 Å². The first-order chi connectivity index (χ1) is 6.75. The van der Waals surface area contributed by atoms with Crippen LogP contribution in [0.2, 0.25) is 0 Å². The Hall–Kier alpha value is -1.51. The molecule has 1 N–H and O–H groups in total. The number of carbonyl (C=O) groups is 1. The largest absolute Gasteiger partial charge is 0.350 e. The van der Waals surface area contributed by atoms with Gasteiger partial charge in [-0.1, -0.05) is 12.2 Å². The molecule has 0 spiro atoms. The molecular formula is C11H16N2O. The molecule has 3 heteroatoms. The van der Waals surface area contributed by atoms with Crippen LogP contribution >= 0.6 is 0 Å². The Balaban J connectivity index is 2.40. The van der Waals surface area contributed by atoms with Crippen molar-refractivity contribution < 1.29 is 4.79 Å². The van der Waals surface area contributed by atoms with E-state index in [9.17, 15) is 4.79 Å². The SMILES string of the molecule is C/C=C/CCNC(=O)c1cccn1C. The summed E-state index contributed by atoms with van der Waals surface area (Å²) in [4.78, 5) is 11.5. The summed E-state index contributed by atoms with van der Waals surface area (Å²) in [5.74, 6) is -0.0120. The van der Waals surface area contributed by atoms with Crippen molar-refractivity contribution in [3.8, 4) is 0 Å². The van der Waals surface area contributed by atoms with Crippen molar-refractivity contribution in [3.05, 3.63) is 36.2 Å². The fourth-order valence-electron chi connectivity index (χ4n) is 1.22. The number of aryl methyl sites for hydroxylation is 1. The zero-order chi connectivity index (χ0) is 10.4. The van der Waals surface area contributed by atoms with Crippen LogP contribution in [-0.2, 0) is 7.05 Å². The van der Waals surface area contributed by atoms with Crippen LogP contribution in [0.3, 0.4) is 0 Å². The summed E-state index contributed by atoms with van der Waals surface area (Å²) >= 11 is 0. The maximum atomic E-state index is 11.5. The van der Waals surface area contributed by atoms with E-state index < -0.39 is 0 Å². The molecular weight excluding hydrogens is 176 g/mol. The van der Waals surface area contributed by atoms with Crippen LogP contribution in [0.5, 0.6) is 0 Å². The lowest BCUT2D eigenvalue weighted by Gasteiger charge is -2.03. The summed E-state index contributed by atoms with van der Waals surface area (Å²) in [6.45, 7) is 2.66. The topological polar surface area (TPSA) is 34.0 Å². The molecule has 0 saturated carbocycles. The number of hydrogen-bond acceptors (Lipinski definition) is 1. The molecule has 0 saturated heterocycles. The van der Waals surface area contributed by atoms with E-state index in [4.69, 9.17) is 0 Å². The highest BCUT2D eigenvalue weighted by atomic mass is 16.1. The Kier molecular flexibility index (Phi) is 3.98. The molecule has 1 rings (SSSR count). The average Bonchev–Trinajstić information content (AvgIpc) is 2.59. The molecule has 3 nitrogen and oxygen atoms in total. The van der Waals surface area contributed by atoms with Crippen molar-refractivity contribution in [1.82, 2.24) is 9.88 Å². The first-order valence-corrected chi connectivity index (χ1v) is 4.76. The Morgan fingerprint density at radius 3 is 3.00 bits per heavy atom. The summed E-state index contributed by atoms with van der Waals surface area (Å²) in [6, 6.07) is 3.67. The van der Waals surface area contributed by atoms with Crippen LogP contribution in [0.15, 0.2) is 30.5 Å². The fraction of sp³-hybridized carbons (Fsp3) is 0.364. The Bertz CT molecular complexity index is 326. The molecule has 0 bridgehead atoms. The first kappa shape index (κ1) is 10.6. The van der Waals surface area contributed by atoms with Crippen LogP contribution in [0, 0.1) is 0 Å². The molecule has 1 heterocycles. The van der Waals surface area contributed by atoms with E-state index in [1.165, 1.54) is 0 Å². The highest BCUT2D eigenvalue weighted by Gasteiger charge is 2.06. The summed E-state index contributed by atoms with van der Waals surface area (Å²) in [5.41, 5.74) is 0.700. The standard InChI is InChI=1S/C11H16N2O/c1-3-4-5-8-12-11(14)10-7-6-9-13(10)2/h3-4,6-7,9H,5,8H2,1-2H3,(H,12,14)/b4-3+. The molecule has 0 aliphatic heterocycles. The third-order valence-electron chi connectivity index (χ3n) is 2.01. The zero-order valence-corrected chi connectivity index (χ0v) is 8.66. The van der Waals surface area contributed by atoms with E-state index in [1.54, 1.807) is 0 Å². The molecule has 1 aromatic rings. The Labute approximate surface area is 84.4 Å². The van der Waals surface area contributed by atoms with Gasteiger partial charge in [0.2, 0.25) is 0 Å². The number of hydrogen-bond donors (Lipinski definition) is 1. The van der Waals surface area contributed by atoms with Crippen LogP contribution in [-0.4, -0.2) is 17.0 Å². The minimum absolute atomic E-state index is 0.0120. The van der Waals surface area contributed by atoms with Gasteiger partial charge in [0.05, 0.1) is 0 Å². The zero-order valence-electron chi connectivity index (χ0n) is 8.66. The second-order valence-corrected chi connectivity index (χ2v) is 3.12. The van der Waals surface area contributed by atoms with E-state index in [-0.39, 0.29) is 5.91 Å². The number of nitrogens with zero attached hydrogens (tertiary/aromatic N) is 1. The van der Waals surface area contributed by atoms with E-state index in [1.807, 2.05) is 49.0 Å². The third-order valence-corrected chi connectivity index (χ3v) is 2.01. The number of carbonyl (C=O) groups excluding carboxylic acids is 1. The van der Waals surface area contributed by atoms with Gasteiger partial charge in [0, 0.05) is 19.8 Å². The molecule has 0 aliphatic rings. The molecule has 0 radical (unpaired) electrons. The fourth-order valence-corrected chi connectivity index (χ4v) is 1.22. The summed E-state index contributed by atoms with van der Waals surface area (Å²) < 4.78 is 1.81. The van der Waals surface area contributed by atoms with Crippen molar-refractivity contribution in [3.63, 3.8) is 0 Å². The molecule has 0 fully saturated rings. The number of allylic oxidation sites excluding steroid dienone is 1. The van der Waals surface area contributed by atoms with Gasteiger partial charge in [0.1, 0.15) is 5.69 Å². The second kappa shape index (κ2) is 5.27. The lowest BCUT2D eigenvalue weighted by Crippen LogP contribution is -2.25. The van der Waals surface area contributed by atoms with Gasteiger partial charge in [-0.3, -0.25) is 4.79 Å². The predicted molar refractivity (Wildman–Crippen MR) is 57.2 cm³/mol.